The monoisotopic (exact) mass is 365 g/mol. The van der Waals surface area contributed by atoms with E-state index in [1.807, 2.05) is 6.07 Å². The van der Waals surface area contributed by atoms with E-state index in [1.54, 1.807) is 29.2 Å². The Kier molecular flexibility index (Phi) is 5.52. The highest BCUT2D eigenvalue weighted by molar-refractivity contribution is 9.25. The molecule has 0 bridgehead atoms. The molecule has 0 aromatic heterocycles. The van der Waals surface area contributed by atoms with Crippen LogP contribution in [0.3, 0.4) is 0 Å². The second-order valence-corrected chi connectivity index (χ2v) is 6.51. The van der Waals surface area contributed by atoms with E-state index in [1.165, 1.54) is 0 Å². The van der Waals surface area contributed by atoms with Crippen molar-refractivity contribution < 1.29 is 4.79 Å². The van der Waals surface area contributed by atoms with Crippen LogP contribution < -0.4 is 4.90 Å². The van der Waals surface area contributed by atoms with Gasteiger partial charge in [0.15, 0.2) is 0 Å². The van der Waals surface area contributed by atoms with E-state index in [0.717, 1.165) is 5.69 Å². The molecule has 5 heteroatoms. The molecule has 0 heterocycles. The topological polar surface area (TPSA) is 20.3 Å². The molecule has 16 heavy (non-hydrogen) atoms. The summed E-state index contributed by atoms with van der Waals surface area (Å²) in [6, 6.07) is 7.14. The predicted octanol–water partition coefficient (Wildman–Crippen LogP) is 3.97. The molecule has 0 saturated carbocycles. The highest BCUT2D eigenvalue weighted by Gasteiger charge is 2.20. The Morgan fingerprint density at radius 1 is 1.56 bits per heavy atom. The minimum Gasteiger partial charge on any atom is -0.307 e. The first-order chi connectivity index (χ1) is 7.56. The van der Waals surface area contributed by atoms with Crippen molar-refractivity contribution >= 4 is 55.1 Å². The van der Waals surface area contributed by atoms with Crippen LogP contribution in [-0.4, -0.2) is 16.2 Å². The second-order valence-electron chi connectivity index (χ2n) is 3.02. The van der Waals surface area contributed by atoms with Crippen molar-refractivity contribution in [3.8, 4) is 0 Å². The summed E-state index contributed by atoms with van der Waals surface area (Å²) in [6.07, 6.45) is 1.67. The lowest BCUT2D eigenvalue weighted by Gasteiger charge is -2.22. The number of rotatable bonds is 4. The van der Waals surface area contributed by atoms with E-state index in [4.69, 9.17) is 11.6 Å². The Hall–Kier alpha value is -0.320. The number of nitrogens with zero attached hydrogens (tertiary/aromatic N) is 1. The van der Waals surface area contributed by atoms with Gasteiger partial charge in [-0.05, 0) is 18.2 Å². The second kappa shape index (κ2) is 6.42. The van der Waals surface area contributed by atoms with Crippen LogP contribution in [-0.2, 0) is 4.79 Å². The molecule has 2 nitrogen and oxygen atoms in total. The van der Waals surface area contributed by atoms with E-state index >= 15 is 0 Å². The predicted molar refractivity (Wildman–Crippen MR) is 75.6 cm³/mol. The summed E-state index contributed by atoms with van der Waals surface area (Å²) < 4.78 is -0.418. The summed E-state index contributed by atoms with van der Waals surface area (Å²) in [7, 11) is 0. The van der Waals surface area contributed by atoms with Crippen LogP contribution in [0.1, 0.15) is 0 Å². The highest BCUT2D eigenvalue weighted by atomic mass is 79.9. The quantitative estimate of drug-likeness (QED) is 0.582. The van der Waals surface area contributed by atoms with Crippen LogP contribution in [0.2, 0.25) is 5.02 Å². The fourth-order valence-corrected chi connectivity index (χ4v) is 1.89. The van der Waals surface area contributed by atoms with Gasteiger partial charge >= 0.3 is 0 Å². The first-order valence-electron chi connectivity index (χ1n) is 4.52. The summed E-state index contributed by atoms with van der Waals surface area (Å²) in [5, 5.41) is 0.597. The largest absolute Gasteiger partial charge is 0.307 e. The van der Waals surface area contributed by atoms with Gasteiger partial charge in [0.1, 0.15) is 3.74 Å². The zero-order chi connectivity index (χ0) is 12.1. The number of hydrogen-bond acceptors (Lipinski definition) is 1. The maximum atomic E-state index is 11.9. The van der Waals surface area contributed by atoms with Gasteiger partial charge in [-0.3, -0.25) is 4.79 Å². The molecule has 0 saturated heterocycles. The van der Waals surface area contributed by atoms with Gasteiger partial charge in [0, 0.05) is 17.3 Å². The molecule has 0 aliphatic carbocycles. The van der Waals surface area contributed by atoms with Gasteiger partial charge < -0.3 is 4.90 Å². The number of benzene rings is 1. The van der Waals surface area contributed by atoms with Crippen molar-refractivity contribution in [2.45, 2.75) is 3.74 Å². The van der Waals surface area contributed by atoms with E-state index in [2.05, 4.69) is 38.4 Å². The smallest absolute Gasteiger partial charge is 0.251 e. The van der Waals surface area contributed by atoms with Gasteiger partial charge in [-0.1, -0.05) is 55.6 Å². The van der Waals surface area contributed by atoms with Crippen LogP contribution in [0, 0.1) is 0 Å². The number of hydrogen-bond donors (Lipinski definition) is 0. The Balaban J connectivity index is 3.02. The van der Waals surface area contributed by atoms with Gasteiger partial charge in [-0.2, -0.15) is 0 Å². The molecule has 1 aromatic carbocycles. The molecule has 86 valence electrons. The Morgan fingerprint density at radius 2 is 2.25 bits per heavy atom. The van der Waals surface area contributed by atoms with Crippen LogP contribution in [0.25, 0.3) is 0 Å². The molecular weight excluding hydrogens is 357 g/mol. The zero-order valence-electron chi connectivity index (χ0n) is 8.37. The van der Waals surface area contributed by atoms with Crippen LogP contribution in [0.5, 0.6) is 0 Å². The molecule has 0 aliphatic heterocycles. The number of halogens is 3. The van der Waals surface area contributed by atoms with Crippen LogP contribution in [0.4, 0.5) is 5.69 Å². The normalized spacial score (nSPS) is 10.2. The fraction of sp³-hybridized carbons (Fsp3) is 0.182. The molecule has 0 N–H and O–H groups in total. The molecule has 1 aromatic rings. The summed E-state index contributed by atoms with van der Waals surface area (Å²) in [4.78, 5) is 13.5. The minimum absolute atomic E-state index is 0.0952. The number of anilines is 1. The molecular formula is C11H10Br2ClNO. The van der Waals surface area contributed by atoms with Crippen molar-refractivity contribution in [3.05, 3.63) is 41.9 Å². The molecule has 0 atom stereocenters. The van der Waals surface area contributed by atoms with Crippen molar-refractivity contribution in [3.63, 3.8) is 0 Å². The fourth-order valence-electron chi connectivity index (χ4n) is 1.21. The van der Waals surface area contributed by atoms with Crippen molar-refractivity contribution in [2.24, 2.45) is 0 Å². The average molecular weight is 367 g/mol. The maximum Gasteiger partial charge on any atom is 0.251 e. The van der Waals surface area contributed by atoms with E-state index in [-0.39, 0.29) is 5.91 Å². The first-order valence-corrected chi connectivity index (χ1v) is 6.73. The van der Waals surface area contributed by atoms with Crippen molar-refractivity contribution in [1.29, 1.82) is 0 Å². The molecule has 0 radical (unpaired) electrons. The lowest BCUT2D eigenvalue weighted by atomic mass is 10.3. The average Bonchev–Trinajstić information content (AvgIpc) is 2.24. The number of alkyl halides is 2. The van der Waals surface area contributed by atoms with Gasteiger partial charge in [-0.25, -0.2) is 0 Å². The lowest BCUT2D eigenvalue weighted by molar-refractivity contribution is -0.116. The summed E-state index contributed by atoms with van der Waals surface area (Å²) in [5.41, 5.74) is 0.751. The standard InChI is InChI=1S/C11H10Br2ClNO/c1-2-6-15(11(16)10(12)13)9-5-3-4-8(14)7-9/h2-5,7,10H,1,6H2. The van der Waals surface area contributed by atoms with E-state index in [0.29, 0.717) is 11.6 Å². The third-order valence-electron chi connectivity index (χ3n) is 1.88. The third-order valence-corrected chi connectivity index (χ3v) is 2.90. The summed E-state index contributed by atoms with van der Waals surface area (Å²) in [5.74, 6) is -0.0952. The maximum absolute atomic E-state index is 11.9. The van der Waals surface area contributed by atoms with Gasteiger partial charge in [0.25, 0.3) is 5.91 Å². The molecule has 0 unspecified atom stereocenters. The highest BCUT2D eigenvalue weighted by Crippen LogP contribution is 2.22. The Bertz CT molecular complexity index is 395. The lowest BCUT2D eigenvalue weighted by Crippen LogP contribution is -2.34. The van der Waals surface area contributed by atoms with Crippen molar-refractivity contribution in [1.82, 2.24) is 0 Å². The zero-order valence-corrected chi connectivity index (χ0v) is 12.3. The van der Waals surface area contributed by atoms with Crippen molar-refractivity contribution in [2.75, 3.05) is 11.4 Å². The van der Waals surface area contributed by atoms with Gasteiger partial charge in [-0.15, -0.1) is 6.58 Å². The summed E-state index contributed by atoms with van der Waals surface area (Å²) in [6.45, 7) is 4.07. The van der Waals surface area contributed by atoms with Gasteiger partial charge in [0.2, 0.25) is 0 Å². The molecule has 0 spiro atoms. The van der Waals surface area contributed by atoms with Crippen LogP contribution in [0.15, 0.2) is 36.9 Å². The van der Waals surface area contributed by atoms with Crippen LogP contribution >= 0.6 is 43.5 Å². The van der Waals surface area contributed by atoms with E-state index in [9.17, 15) is 4.79 Å². The number of carbonyl (C=O) groups is 1. The Labute approximate surface area is 117 Å². The Morgan fingerprint density at radius 3 is 2.75 bits per heavy atom. The van der Waals surface area contributed by atoms with E-state index < -0.39 is 3.74 Å². The molecule has 0 aliphatic rings. The summed E-state index contributed by atoms with van der Waals surface area (Å²) >= 11 is 12.3. The first kappa shape index (κ1) is 13.7. The third kappa shape index (κ3) is 3.61. The van der Waals surface area contributed by atoms with Gasteiger partial charge in [0.05, 0.1) is 0 Å². The molecule has 0 fully saturated rings. The minimum atomic E-state index is -0.418. The molecule has 1 rings (SSSR count). The number of amides is 1. The number of carbonyl (C=O) groups excluding carboxylic acids is 1. The molecule has 1 amide bonds. The SMILES string of the molecule is C=CCN(C(=O)C(Br)Br)c1cccc(Cl)c1.